The number of nitrogens with one attached hydrogen (secondary N) is 1. The Kier molecular flexibility index (Phi) is 5.58. The molecule has 31 heavy (non-hydrogen) atoms. The van der Waals surface area contributed by atoms with Crippen LogP contribution in [0.1, 0.15) is 36.6 Å². The first kappa shape index (κ1) is 20.3. The highest BCUT2D eigenvalue weighted by Gasteiger charge is 2.26. The van der Waals surface area contributed by atoms with E-state index in [1.165, 1.54) is 22.2 Å². The van der Waals surface area contributed by atoms with Crippen molar-refractivity contribution in [3.63, 3.8) is 0 Å². The van der Waals surface area contributed by atoms with Crippen LogP contribution in [-0.4, -0.2) is 51.4 Å². The van der Waals surface area contributed by atoms with E-state index in [-0.39, 0.29) is 5.91 Å². The average Bonchev–Trinajstić information content (AvgIpc) is 3.13. The Balaban J connectivity index is 1.49. The van der Waals surface area contributed by atoms with Crippen LogP contribution in [0, 0.1) is 5.92 Å². The van der Waals surface area contributed by atoms with Crippen molar-refractivity contribution in [3.05, 3.63) is 35.0 Å². The molecule has 1 saturated heterocycles. The number of nitrogens with two attached hydrogens (primary N) is 1. The third kappa shape index (κ3) is 4.27. The van der Waals surface area contributed by atoms with E-state index >= 15 is 0 Å². The molecule has 1 aliphatic heterocycles. The van der Waals surface area contributed by atoms with Gasteiger partial charge in [0.25, 0.3) is 0 Å². The number of aromatic nitrogens is 3. The van der Waals surface area contributed by atoms with Gasteiger partial charge in [-0.15, -0.1) is 11.3 Å². The molecule has 1 fully saturated rings. The van der Waals surface area contributed by atoms with Crippen LogP contribution in [0.3, 0.4) is 0 Å². The summed E-state index contributed by atoms with van der Waals surface area (Å²) in [6, 6.07) is 4.25. The molecule has 162 valence electrons. The van der Waals surface area contributed by atoms with Crippen molar-refractivity contribution in [1.29, 1.82) is 0 Å². The number of hydrogen-bond acceptors (Lipinski definition) is 7. The van der Waals surface area contributed by atoms with Gasteiger partial charge in [0.05, 0.1) is 11.9 Å². The van der Waals surface area contributed by atoms with Gasteiger partial charge in [-0.2, -0.15) is 0 Å². The Hall–Kier alpha value is -2.58. The van der Waals surface area contributed by atoms with Gasteiger partial charge in [-0.05, 0) is 55.7 Å². The van der Waals surface area contributed by atoms with Crippen LogP contribution in [0.15, 0.2) is 24.5 Å². The number of piperidine rings is 1. The zero-order valence-electron chi connectivity index (χ0n) is 17.8. The number of fused-ring (bicyclic) bond motifs is 3. The lowest BCUT2D eigenvalue weighted by molar-refractivity contribution is -0.119. The van der Waals surface area contributed by atoms with E-state index < -0.39 is 0 Å². The summed E-state index contributed by atoms with van der Waals surface area (Å²) in [7, 11) is 0. The third-order valence-electron chi connectivity index (χ3n) is 6.38. The molecular weight excluding hydrogens is 408 g/mol. The zero-order valence-corrected chi connectivity index (χ0v) is 18.6. The van der Waals surface area contributed by atoms with E-state index in [0.717, 1.165) is 66.7 Å². The first-order chi connectivity index (χ1) is 15.1. The van der Waals surface area contributed by atoms with Gasteiger partial charge in [0.2, 0.25) is 5.91 Å². The van der Waals surface area contributed by atoms with Gasteiger partial charge < -0.3 is 11.1 Å². The van der Waals surface area contributed by atoms with Crippen molar-refractivity contribution in [2.24, 2.45) is 11.7 Å². The van der Waals surface area contributed by atoms with Gasteiger partial charge in [0, 0.05) is 42.0 Å². The Labute approximate surface area is 186 Å². The molecule has 1 unspecified atom stereocenters. The standard InChI is InChI=1S/C23H28N6OS/c1-14-4-5-17-18(11-14)31-23-20(17)22(27-21(28-23)15-3-2-8-25-12-15)26-16-6-9-29(10-7-16)13-19(24)30/h2-3,8,12,14,16H,4-7,9-11,13H2,1H3,(H2,24,30)(H,26,27,28). The Bertz CT molecular complexity index is 1090. The fraction of sp³-hybridized carbons (Fsp3) is 0.478. The summed E-state index contributed by atoms with van der Waals surface area (Å²) in [5.74, 6) is 2.13. The minimum absolute atomic E-state index is 0.260. The lowest BCUT2D eigenvalue weighted by atomic mass is 9.89. The topological polar surface area (TPSA) is 97.0 Å². The van der Waals surface area contributed by atoms with E-state index in [2.05, 4.69) is 22.1 Å². The summed E-state index contributed by atoms with van der Waals surface area (Å²) in [6.45, 7) is 4.40. The second kappa shape index (κ2) is 8.51. The molecule has 0 saturated carbocycles. The molecule has 1 amide bonds. The summed E-state index contributed by atoms with van der Waals surface area (Å²) >= 11 is 1.82. The van der Waals surface area contributed by atoms with Gasteiger partial charge in [0.15, 0.2) is 5.82 Å². The first-order valence-electron chi connectivity index (χ1n) is 11.1. The zero-order chi connectivity index (χ0) is 21.4. The summed E-state index contributed by atoms with van der Waals surface area (Å²) in [5.41, 5.74) is 7.73. The third-order valence-corrected chi connectivity index (χ3v) is 7.53. The molecular formula is C23H28N6OS. The van der Waals surface area contributed by atoms with Gasteiger partial charge in [-0.25, -0.2) is 9.97 Å². The smallest absolute Gasteiger partial charge is 0.231 e. The molecule has 7 nitrogen and oxygen atoms in total. The molecule has 8 heteroatoms. The van der Waals surface area contributed by atoms with Crippen LogP contribution in [0.4, 0.5) is 5.82 Å². The number of carbonyl (C=O) groups excluding carboxylic acids is 1. The SMILES string of the molecule is CC1CCc2c(sc3nc(-c4cccnc4)nc(NC4CCN(CC(N)=O)CC4)c23)C1. The number of rotatable bonds is 5. The van der Waals surface area contributed by atoms with Gasteiger partial charge in [0.1, 0.15) is 10.6 Å². The molecule has 0 aromatic carbocycles. The average molecular weight is 437 g/mol. The molecule has 4 heterocycles. The number of primary amides is 1. The number of carbonyl (C=O) groups is 1. The predicted molar refractivity (Wildman–Crippen MR) is 124 cm³/mol. The molecule has 1 aliphatic carbocycles. The normalized spacial score (nSPS) is 20.0. The van der Waals surface area contributed by atoms with Gasteiger partial charge >= 0.3 is 0 Å². The molecule has 0 spiro atoms. The highest BCUT2D eigenvalue weighted by Crippen LogP contribution is 2.41. The molecule has 0 bridgehead atoms. The van der Waals surface area contributed by atoms with Crippen molar-refractivity contribution in [2.45, 2.75) is 45.1 Å². The van der Waals surface area contributed by atoms with Crippen LogP contribution in [0.25, 0.3) is 21.6 Å². The Morgan fingerprint density at radius 2 is 2.13 bits per heavy atom. The maximum atomic E-state index is 11.2. The van der Waals surface area contributed by atoms with Gasteiger partial charge in [-0.3, -0.25) is 14.7 Å². The predicted octanol–water partition coefficient (Wildman–Crippen LogP) is 3.24. The van der Waals surface area contributed by atoms with Crippen LogP contribution in [-0.2, 0) is 17.6 Å². The minimum Gasteiger partial charge on any atom is -0.369 e. The highest BCUT2D eigenvalue weighted by molar-refractivity contribution is 7.19. The molecule has 1 atom stereocenters. The van der Waals surface area contributed by atoms with Crippen LogP contribution in [0.5, 0.6) is 0 Å². The van der Waals surface area contributed by atoms with E-state index in [1.54, 1.807) is 6.20 Å². The molecule has 2 aliphatic rings. The lowest BCUT2D eigenvalue weighted by Crippen LogP contribution is -2.43. The molecule has 3 N–H and O–H groups in total. The number of likely N-dealkylation sites (tertiary alicyclic amines) is 1. The highest BCUT2D eigenvalue weighted by atomic mass is 32.1. The summed E-state index contributed by atoms with van der Waals surface area (Å²) in [6.07, 6.45) is 8.96. The van der Waals surface area contributed by atoms with Crippen molar-refractivity contribution in [3.8, 4) is 11.4 Å². The van der Waals surface area contributed by atoms with E-state index in [9.17, 15) is 4.79 Å². The maximum absolute atomic E-state index is 11.2. The monoisotopic (exact) mass is 436 g/mol. The maximum Gasteiger partial charge on any atom is 0.231 e. The quantitative estimate of drug-likeness (QED) is 0.637. The Morgan fingerprint density at radius 1 is 1.29 bits per heavy atom. The number of hydrogen-bond donors (Lipinski definition) is 2. The van der Waals surface area contributed by atoms with Gasteiger partial charge in [-0.1, -0.05) is 6.92 Å². The second-order valence-electron chi connectivity index (χ2n) is 8.83. The largest absolute Gasteiger partial charge is 0.369 e. The summed E-state index contributed by atoms with van der Waals surface area (Å²) in [4.78, 5) is 30.1. The van der Waals surface area contributed by atoms with Crippen molar-refractivity contribution in [1.82, 2.24) is 19.9 Å². The molecule has 5 rings (SSSR count). The van der Waals surface area contributed by atoms with Crippen LogP contribution < -0.4 is 11.1 Å². The Morgan fingerprint density at radius 3 is 2.87 bits per heavy atom. The number of thiophene rings is 1. The second-order valence-corrected chi connectivity index (χ2v) is 9.91. The molecule has 3 aromatic rings. The number of aryl methyl sites for hydroxylation is 1. The van der Waals surface area contributed by atoms with E-state index in [1.807, 2.05) is 29.7 Å². The lowest BCUT2D eigenvalue weighted by Gasteiger charge is -2.32. The first-order valence-corrected chi connectivity index (χ1v) is 11.9. The number of amides is 1. The number of anilines is 1. The van der Waals surface area contributed by atoms with E-state index in [0.29, 0.717) is 12.6 Å². The van der Waals surface area contributed by atoms with E-state index in [4.69, 9.17) is 15.7 Å². The van der Waals surface area contributed by atoms with Crippen LogP contribution in [0.2, 0.25) is 0 Å². The van der Waals surface area contributed by atoms with Crippen molar-refractivity contribution in [2.75, 3.05) is 25.0 Å². The van der Waals surface area contributed by atoms with Crippen molar-refractivity contribution >= 4 is 33.3 Å². The number of pyridine rings is 1. The van der Waals surface area contributed by atoms with Crippen molar-refractivity contribution < 1.29 is 4.79 Å². The fourth-order valence-electron chi connectivity index (χ4n) is 4.72. The van der Waals surface area contributed by atoms with Crippen LogP contribution >= 0.6 is 11.3 Å². The molecule has 0 radical (unpaired) electrons. The summed E-state index contributed by atoms with van der Waals surface area (Å²) < 4.78 is 0. The minimum atomic E-state index is -0.260. The fourth-order valence-corrected chi connectivity index (χ4v) is 6.10. The number of nitrogens with zero attached hydrogens (tertiary/aromatic N) is 4. The molecule has 3 aromatic heterocycles. The summed E-state index contributed by atoms with van der Waals surface area (Å²) in [5, 5.41) is 4.96.